The van der Waals surface area contributed by atoms with Gasteiger partial charge < -0.3 is 10.3 Å². The summed E-state index contributed by atoms with van der Waals surface area (Å²) < 4.78 is 0. The lowest BCUT2D eigenvalue weighted by Gasteiger charge is -2.33. The SMILES string of the molecule is [C-](Nc1ccccc1)=C(c1ccccn1)[P+](c1ccccc1)(c1ccccc1)c1ccccc1. The van der Waals surface area contributed by atoms with Gasteiger partial charge in [-0.05, 0) is 42.5 Å². The van der Waals surface area contributed by atoms with E-state index in [2.05, 4.69) is 121 Å². The summed E-state index contributed by atoms with van der Waals surface area (Å²) >= 11 is 0. The van der Waals surface area contributed by atoms with Crippen LogP contribution in [0.3, 0.4) is 0 Å². The van der Waals surface area contributed by atoms with Gasteiger partial charge in [-0.3, -0.25) is 0 Å². The highest BCUT2D eigenvalue weighted by Crippen LogP contribution is 2.65. The maximum Gasteiger partial charge on any atom is 0.122 e. The number of aromatic nitrogens is 1. The summed E-state index contributed by atoms with van der Waals surface area (Å²) in [7, 11) is -2.34. The molecule has 0 fully saturated rings. The number of para-hydroxylation sites is 1. The molecule has 1 N–H and O–H groups in total. The van der Waals surface area contributed by atoms with Gasteiger partial charge in [0.25, 0.3) is 0 Å². The topological polar surface area (TPSA) is 24.9 Å². The second-order valence-corrected chi connectivity index (χ2v) is 11.2. The molecule has 3 heteroatoms. The van der Waals surface area contributed by atoms with Gasteiger partial charge in [0.2, 0.25) is 0 Å². The minimum atomic E-state index is -2.34. The molecule has 0 aliphatic carbocycles. The monoisotopic (exact) mass is 456 g/mol. The molecule has 1 aromatic heterocycles. The Morgan fingerprint density at radius 2 is 0.971 bits per heavy atom. The van der Waals surface area contributed by atoms with Crippen molar-refractivity contribution >= 4 is 34.2 Å². The van der Waals surface area contributed by atoms with Crippen LogP contribution >= 0.6 is 7.26 Å². The first-order valence-corrected chi connectivity index (χ1v) is 13.1. The third-order valence-electron chi connectivity index (χ3n) is 5.77. The molecular formula is C31H25N2P. The van der Waals surface area contributed by atoms with Gasteiger partial charge in [-0.25, -0.2) is 0 Å². The molecule has 34 heavy (non-hydrogen) atoms. The van der Waals surface area contributed by atoms with Crippen LogP contribution in [0.5, 0.6) is 0 Å². The Morgan fingerprint density at radius 3 is 1.41 bits per heavy atom. The van der Waals surface area contributed by atoms with Gasteiger partial charge in [0, 0.05) is 17.2 Å². The molecule has 0 amide bonds. The highest BCUT2D eigenvalue weighted by molar-refractivity contribution is 8.03. The van der Waals surface area contributed by atoms with Gasteiger partial charge in [0.1, 0.15) is 23.2 Å². The zero-order chi connectivity index (χ0) is 23.1. The van der Waals surface area contributed by atoms with E-state index in [1.54, 1.807) is 0 Å². The van der Waals surface area contributed by atoms with Crippen molar-refractivity contribution < 1.29 is 0 Å². The zero-order valence-corrected chi connectivity index (χ0v) is 19.6. The first-order chi connectivity index (χ1) is 16.9. The van der Waals surface area contributed by atoms with Crippen LogP contribution in [0.2, 0.25) is 0 Å². The lowest BCUT2D eigenvalue weighted by atomic mass is 10.3. The predicted octanol–water partition coefficient (Wildman–Crippen LogP) is 6.29. The van der Waals surface area contributed by atoms with Crippen LogP contribution < -0.4 is 21.2 Å². The van der Waals surface area contributed by atoms with Crippen LogP contribution in [0.15, 0.2) is 146 Å². The fourth-order valence-corrected chi connectivity index (χ4v) is 8.49. The molecule has 4 aromatic carbocycles. The molecule has 0 radical (unpaired) electrons. The predicted molar refractivity (Wildman–Crippen MR) is 146 cm³/mol. The Labute approximate surface area is 202 Å². The number of benzene rings is 4. The first-order valence-electron chi connectivity index (χ1n) is 11.3. The van der Waals surface area contributed by atoms with E-state index in [0.717, 1.165) is 16.7 Å². The van der Waals surface area contributed by atoms with Crippen LogP contribution in [0, 0.1) is 6.20 Å². The smallest absolute Gasteiger partial charge is 0.122 e. The Morgan fingerprint density at radius 1 is 0.529 bits per heavy atom. The summed E-state index contributed by atoms with van der Waals surface area (Å²) in [5.74, 6) is 0. The van der Waals surface area contributed by atoms with Crippen LogP contribution in [-0.4, -0.2) is 4.98 Å². The maximum absolute atomic E-state index is 4.82. The lowest BCUT2D eigenvalue weighted by Crippen LogP contribution is -2.32. The number of rotatable bonds is 7. The van der Waals surface area contributed by atoms with Gasteiger partial charge in [0.05, 0.1) is 0 Å². The summed E-state index contributed by atoms with van der Waals surface area (Å²) in [5, 5.41) is 8.29. The molecule has 0 aliphatic heterocycles. The van der Waals surface area contributed by atoms with Crippen LogP contribution in [0.4, 0.5) is 5.69 Å². The summed E-state index contributed by atoms with van der Waals surface area (Å²) in [5.41, 5.74) is 1.90. The number of hydrogen-bond donors (Lipinski definition) is 1. The standard InChI is InChI=1S/C31H25N2P/c1-5-15-26(16-6-1)33-25-31(30-23-13-14-24-32-30)34(27-17-7-2-8-18-27,28-19-9-3-10-20-28)29-21-11-4-12-22-29/h1-24,33H. The molecule has 5 aromatic rings. The van der Waals surface area contributed by atoms with Crippen molar-refractivity contribution in [2.75, 3.05) is 5.32 Å². The summed E-state index contributed by atoms with van der Waals surface area (Å²) in [6, 6.07) is 48.6. The molecular weight excluding hydrogens is 431 g/mol. The van der Waals surface area contributed by atoms with Crippen molar-refractivity contribution in [2.45, 2.75) is 0 Å². The Balaban J connectivity index is 1.86. The summed E-state index contributed by atoms with van der Waals surface area (Å²) in [6.45, 7) is 0. The summed E-state index contributed by atoms with van der Waals surface area (Å²) in [6.07, 6.45) is 5.50. The van der Waals surface area contributed by atoms with Crippen molar-refractivity contribution in [3.63, 3.8) is 0 Å². The van der Waals surface area contributed by atoms with Crippen LogP contribution in [0.1, 0.15) is 5.69 Å². The van der Waals surface area contributed by atoms with Gasteiger partial charge in [-0.2, -0.15) is 0 Å². The number of pyridine rings is 1. The van der Waals surface area contributed by atoms with E-state index in [4.69, 9.17) is 4.98 Å². The third-order valence-corrected chi connectivity index (χ3v) is 10.0. The molecule has 5 rings (SSSR count). The molecule has 0 saturated carbocycles. The van der Waals surface area contributed by atoms with Crippen molar-refractivity contribution in [2.24, 2.45) is 0 Å². The first kappa shape index (κ1) is 21.8. The largest absolute Gasteiger partial charge is 0.465 e. The fourth-order valence-electron chi connectivity index (χ4n) is 4.26. The minimum absolute atomic E-state index is 0.913. The van der Waals surface area contributed by atoms with Crippen molar-refractivity contribution in [1.29, 1.82) is 0 Å². The van der Waals surface area contributed by atoms with E-state index < -0.39 is 7.26 Å². The second-order valence-electron chi connectivity index (χ2n) is 7.86. The Bertz CT molecular complexity index is 1240. The van der Waals surface area contributed by atoms with Crippen molar-refractivity contribution in [1.82, 2.24) is 4.98 Å². The van der Waals surface area contributed by atoms with E-state index in [9.17, 15) is 0 Å². The average molecular weight is 457 g/mol. The average Bonchev–Trinajstić information content (AvgIpc) is 2.94. The maximum atomic E-state index is 4.82. The normalized spacial score (nSPS) is 11.7. The molecule has 0 saturated heterocycles. The van der Waals surface area contributed by atoms with Crippen LogP contribution in [-0.2, 0) is 0 Å². The van der Waals surface area contributed by atoms with Crippen molar-refractivity contribution in [3.05, 3.63) is 158 Å². The molecule has 0 atom stereocenters. The van der Waals surface area contributed by atoms with E-state index in [1.807, 2.05) is 36.5 Å². The van der Waals surface area contributed by atoms with E-state index in [-0.39, 0.29) is 0 Å². The number of nitrogens with one attached hydrogen (secondary N) is 1. The quantitative estimate of drug-likeness (QED) is 0.177. The van der Waals surface area contributed by atoms with Gasteiger partial charge in [-0.15, -0.1) is 0 Å². The second kappa shape index (κ2) is 10.3. The highest BCUT2D eigenvalue weighted by Gasteiger charge is 2.47. The van der Waals surface area contributed by atoms with Gasteiger partial charge in [0.15, 0.2) is 0 Å². The molecule has 0 spiro atoms. The molecule has 164 valence electrons. The van der Waals surface area contributed by atoms with Gasteiger partial charge in [-0.1, -0.05) is 109 Å². The molecule has 0 unspecified atom stereocenters. The number of nitrogens with zero attached hydrogens (tertiary/aromatic N) is 1. The van der Waals surface area contributed by atoms with Crippen LogP contribution in [0.25, 0.3) is 5.31 Å². The Kier molecular flexibility index (Phi) is 6.61. The number of hydrogen-bond acceptors (Lipinski definition) is 2. The molecule has 1 heterocycles. The molecule has 0 bridgehead atoms. The molecule has 0 aliphatic rings. The lowest BCUT2D eigenvalue weighted by molar-refractivity contribution is 1.28. The highest BCUT2D eigenvalue weighted by atomic mass is 31.2. The minimum Gasteiger partial charge on any atom is -0.465 e. The number of anilines is 1. The Hall–Kier alpha value is -4.00. The zero-order valence-electron chi connectivity index (χ0n) is 18.8. The fraction of sp³-hybridized carbons (Fsp3) is 0. The third kappa shape index (κ3) is 4.29. The van der Waals surface area contributed by atoms with Gasteiger partial charge >= 0.3 is 0 Å². The van der Waals surface area contributed by atoms with E-state index >= 15 is 0 Å². The molecule has 2 nitrogen and oxygen atoms in total. The van der Waals surface area contributed by atoms with E-state index in [0.29, 0.717) is 0 Å². The summed E-state index contributed by atoms with van der Waals surface area (Å²) in [4.78, 5) is 4.82. The van der Waals surface area contributed by atoms with Crippen molar-refractivity contribution in [3.8, 4) is 0 Å². The van der Waals surface area contributed by atoms with E-state index in [1.165, 1.54) is 15.9 Å².